The number of aryl methyl sites for hydroxylation is 2. The fourth-order valence-corrected chi connectivity index (χ4v) is 5.16. The lowest BCUT2D eigenvalue weighted by Gasteiger charge is -2.29. The van der Waals surface area contributed by atoms with Gasteiger partial charge in [-0.2, -0.15) is 0 Å². The van der Waals surface area contributed by atoms with Crippen molar-refractivity contribution in [2.75, 3.05) is 11.4 Å². The van der Waals surface area contributed by atoms with E-state index in [9.17, 15) is 9.18 Å². The highest BCUT2D eigenvalue weighted by molar-refractivity contribution is 5.85. The zero-order valence-electron chi connectivity index (χ0n) is 20.1. The summed E-state index contributed by atoms with van der Waals surface area (Å²) in [7, 11) is 0. The number of pyridine rings is 1. The van der Waals surface area contributed by atoms with E-state index >= 15 is 0 Å². The van der Waals surface area contributed by atoms with Crippen LogP contribution < -0.4 is 10.5 Å². The molecule has 3 aromatic carbocycles. The Balaban J connectivity index is 1.54. The molecule has 0 bridgehead atoms. The summed E-state index contributed by atoms with van der Waals surface area (Å²) in [5.41, 5.74) is 6.52. The van der Waals surface area contributed by atoms with E-state index in [1.54, 1.807) is 16.8 Å². The minimum Gasteiger partial charge on any atom is -0.357 e. The van der Waals surface area contributed by atoms with Crippen molar-refractivity contribution >= 4 is 16.6 Å². The maximum Gasteiger partial charge on any atom is 0.254 e. The van der Waals surface area contributed by atoms with Gasteiger partial charge in [-0.25, -0.2) is 9.07 Å². The van der Waals surface area contributed by atoms with Crippen LogP contribution in [-0.4, -0.2) is 31.7 Å². The first kappa shape index (κ1) is 22.2. The zero-order chi connectivity index (χ0) is 24.8. The van der Waals surface area contributed by atoms with Crippen molar-refractivity contribution in [2.45, 2.75) is 32.9 Å². The van der Waals surface area contributed by atoms with Gasteiger partial charge in [0.05, 0.1) is 12.1 Å². The second kappa shape index (κ2) is 8.71. The number of H-pyrrole nitrogens is 1. The number of hydrogen-bond acceptors (Lipinski definition) is 5. The molecule has 0 radical (unpaired) electrons. The summed E-state index contributed by atoms with van der Waals surface area (Å²) >= 11 is 0. The molecule has 1 aliphatic heterocycles. The molecule has 3 heterocycles. The van der Waals surface area contributed by atoms with Crippen LogP contribution in [0.3, 0.4) is 0 Å². The monoisotopic (exact) mass is 480 g/mol. The first-order valence-corrected chi connectivity index (χ1v) is 12.0. The molecule has 6 rings (SSSR count). The first-order chi connectivity index (χ1) is 17.5. The number of anilines is 1. The lowest BCUT2D eigenvalue weighted by Crippen LogP contribution is -2.34. The van der Waals surface area contributed by atoms with Gasteiger partial charge in [-0.3, -0.25) is 4.79 Å². The first-order valence-electron chi connectivity index (χ1n) is 12.0. The van der Waals surface area contributed by atoms with Crippen LogP contribution in [0.25, 0.3) is 10.9 Å². The van der Waals surface area contributed by atoms with Gasteiger partial charge in [-0.15, -0.1) is 5.10 Å². The molecule has 0 aliphatic carbocycles. The molecule has 0 amide bonds. The molecular formula is C28H25FN6O. The molecule has 1 aliphatic rings. The predicted octanol–water partition coefficient (Wildman–Crippen LogP) is 4.47. The van der Waals surface area contributed by atoms with Crippen molar-refractivity contribution in [3.05, 3.63) is 117 Å². The number of rotatable bonds is 5. The number of halogens is 1. The van der Waals surface area contributed by atoms with E-state index in [0.717, 1.165) is 46.2 Å². The molecule has 0 spiro atoms. The standard InChI is InChI=1S/C28H25FN6O/c1-17-7-8-18(2)25-22(17)15-23(28(36)30-25)26(34-14-13-20-5-3-4-6-24(20)34)27-31-32-33-35(27)16-19-9-11-21(29)12-10-19/h3-12,15,26H,13-14,16H2,1-2H3,(H,30,36). The Hall–Kier alpha value is -4.33. The maximum atomic E-state index is 13.6. The van der Waals surface area contributed by atoms with E-state index in [1.165, 1.54) is 17.7 Å². The summed E-state index contributed by atoms with van der Waals surface area (Å²) in [5.74, 6) is 0.266. The molecule has 1 atom stereocenters. The average Bonchev–Trinajstić information content (AvgIpc) is 3.52. The molecule has 180 valence electrons. The van der Waals surface area contributed by atoms with Crippen LogP contribution in [0.15, 0.2) is 71.5 Å². The highest BCUT2D eigenvalue weighted by Crippen LogP contribution is 2.37. The van der Waals surface area contributed by atoms with Crippen LogP contribution in [-0.2, 0) is 13.0 Å². The van der Waals surface area contributed by atoms with Crippen LogP contribution in [0.4, 0.5) is 10.1 Å². The van der Waals surface area contributed by atoms with Gasteiger partial charge in [-0.1, -0.05) is 42.5 Å². The fourth-order valence-electron chi connectivity index (χ4n) is 5.16. The Morgan fingerprint density at radius 3 is 2.64 bits per heavy atom. The van der Waals surface area contributed by atoms with E-state index < -0.39 is 6.04 Å². The Bertz CT molecular complexity index is 1640. The number of nitrogens with zero attached hydrogens (tertiary/aromatic N) is 5. The molecule has 7 nitrogen and oxygen atoms in total. The van der Waals surface area contributed by atoms with E-state index in [2.05, 4.69) is 43.6 Å². The Morgan fingerprint density at radius 1 is 1.03 bits per heavy atom. The number of para-hydroxylation sites is 1. The summed E-state index contributed by atoms with van der Waals surface area (Å²) in [6, 6.07) is 20.1. The van der Waals surface area contributed by atoms with Gasteiger partial charge < -0.3 is 9.88 Å². The summed E-state index contributed by atoms with van der Waals surface area (Å²) < 4.78 is 15.2. The van der Waals surface area contributed by atoms with E-state index in [1.807, 2.05) is 38.1 Å². The number of hydrogen-bond donors (Lipinski definition) is 1. The van der Waals surface area contributed by atoms with Gasteiger partial charge in [0.1, 0.15) is 11.9 Å². The third-order valence-electron chi connectivity index (χ3n) is 7.05. The average molecular weight is 481 g/mol. The van der Waals surface area contributed by atoms with Crippen LogP contribution >= 0.6 is 0 Å². The minimum absolute atomic E-state index is 0.165. The van der Waals surface area contributed by atoms with Crippen molar-refractivity contribution < 1.29 is 4.39 Å². The lowest BCUT2D eigenvalue weighted by molar-refractivity contribution is 0.576. The summed E-state index contributed by atoms with van der Waals surface area (Å²) in [5, 5.41) is 13.7. The molecule has 0 saturated carbocycles. The van der Waals surface area contributed by atoms with E-state index in [4.69, 9.17) is 0 Å². The second-order valence-corrected chi connectivity index (χ2v) is 9.34. The third-order valence-corrected chi connectivity index (χ3v) is 7.05. The normalized spacial score (nSPS) is 13.8. The number of fused-ring (bicyclic) bond motifs is 2. The summed E-state index contributed by atoms with van der Waals surface area (Å²) in [4.78, 5) is 19.0. The molecule has 1 unspecified atom stereocenters. The number of aromatic nitrogens is 5. The maximum absolute atomic E-state index is 13.6. The summed E-state index contributed by atoms with van der Waals surface area (Å²) in [6.45, 7) is 5.13. The van der Waals surface area contributed by atoms with E-state index in [0.29, 0.717) is 17.9 Å². The predicted molar refractivity (Wildman–Crippen MR) is 137 cm³/mol. The van der Waals surface area contributed by atoms with Crippen molar-refractivity contribution in [1.29, 1.82) is 0 Å². The van der Waals surface area contributed by atoms with Gasteiger partial charge in [0.2, 0.25) is 0 Å². The number of tetrazole rings is 1. The molecule has 36 heavy (non-hydrogen) atoms. The van der Waals surface area contributed by atoms with Crippen LogP contribution in [0.1, 0.15) is 39.7 Å². The third kappa shape index (κ3) is 3.75. The van der Waals surface area contributed by atoms with Crippen LogP contribution in [0, 0.1) is 19.7 Å². The zero-order valence-corrected chi connectivity index (χ0v) is 20.1. The number of nitrogens with one attached hydrogen (secondary N) is 1. The Kier molecular flexibility index (Phi) is 5.36. The molecule has 0 fully saturated rings. The highest BCUT2D eigenvalue weighted by Gasteiger charge is 2.34. The Morgan fingerprint density at radius 2 is 1.81 bits per heavy atom. The molecule has 1 N–H and O–H groups in total. The molecule has 2 aromatic heterocycles. The van der Waals surface area contributed by atoms with Gasteiger partial charge in [-0.05, 0) is 77.2 Å². The van der Waals surface area contributed by atoms with Crippen molar-refractivity contribution in [2.24, 2.45) is 0 Å². The quantitative estimate of drug-likeness (QED) is 0.402. The summed E-state index contributed by atoms with van der Waals surface area (Å²) in [6.07, 6.45) is 0.871. The van der Waals surface area contributed by atoms with Gasteiger partial charge in [0.25, 0.3) is 5.56 Å². The second-order valence-electron chi connectivity index (χ2n) is 9.34. The minimum atomic E-state index is -0.503. The topological polar surface area (TPSA) is 79.7 Å². The van der Waals surface area contributed by atoms with E-state index in [-0.39, 0.29) is 11.4 Å². The van der Waals surface area contributed by atoms with Crippen molar-refractivity contribution in [3.8, 4) is 0 Å². The molecular weight excluding hydrogens is 455 g/mol. The molecule has 5 aromatic rings. The van der Waals surface area contributed by atoms with Gasteiger partial charge in [0, 0.05) is 23.2 Å². The SMILES string of the molecule is Cc1ccc(C)c2[nH]c(=O)c(C(c3nnnn3Cc3ccc(F)cc3)N3CCc4ccccc43)cc12. The number of aromatic amines is 1. The van der Waals surface area contributed by atoms with Gasteiger partial charge in [0.15, 0.2) is 5.82 Å². The number of benzene rings is 3. The highest BCUT2D eigenvalue weighted by atomic mass is 19.1. The van der Waals surface area contributed by atoms with Crippen LogP contribution in [0.2, 0.25) is 0 Å². The largest absolute Gasteiger partial charge is 0.357 e. The molecule has 8 heteroatoms. The van der Waals surface area contributed by atoms with Crippen molar-refractivity contribution in [3.63, 3.8) is 0 Å². The van der Waals surface area contributed by atoms with Crippen molar-refractivity contribution in [1.82, 2.24) is 25.2 Å². The fraction of sp³-hybridized carbons (Fsp3) is 0.214. The lowest BCUT2D eigenvalue weighted by atomic mass is 9.99. The smallest absolute Gasteiger partial charge is 0.254 e. The van der Waals surface area contributed by atoms with Crippen LogP contribution in [0.5, 0.6) is 0 Å². The molecule has 0 saturated heterocycles. The van der Waals surface area contributed by atoms with Gasteiger partial charge >= 0.3 is 0 Å². The Labute approximate surface area is 207 Å².